The van der Waals surface area contributed by atoms with Gasteiger partial charge in [0.2, 0.25) is 0 Å². The lowest BCUT2D eigenvalue weighted by atomic mass is 9.77. The number of benzene rings is 1. The number of hydrogen-bond donors (Lipinski definition) is 2. The van der Waals surface area contributed by atoms with Crippen LogP contribution in [0.2, 0.25) is 0 Å². The van der Waals surface area contributed by atoms with Gasteiger partial charge < -0.3 is 20.5 Å². The minimum Gasteiger partial charge on any atom is -0.465 e. The number of halogens is 6. The lowest BCUT2D eigenvalue weighted by Crippen LogP contribution is -2.41. The van der Waals surface area contributed by atoms with E-state index in [1.54, 1.807) is 18.2 Å². The third-order valence-electron chi connectivity index (χ3n) is 7.84. The van der Waals surface area contributed by atoms with E-state index in [0.717, 1.165) is 29.2 Å². The summed E-state index contributed by atoms with van der Waals surface area (Å²) in [5, 5.41) is 3.13. The Morgan fingerprint density at radius 3 is 2.57 bits per heavy atom. The smallest absolute Gasteiger partial charge is 0.465 e. The quantitative estimate of drug-likeness (QED) is 0.235. The first kappa shape index (κ1) is 33.1. The zero-order valence-electron chi connectivity index (χ0n) is 24.5. The lowest BCUT2D eigenvalue weighted by Gasteiger charge is -2.34. The van der Waals surface area contributed by atoms with Crippen LogP contribution >= 0.6 is 11.3 Å². The number of anilines is 1. The van der Waals surface area contributed by atoms with Crippen LogP contribution in [0.15, 0.2) is 47.7 Å². The van der Waals surface area contributed by atoms with Gasteiger partial charge in [0.25, 0.3) is 0 Å². The van der Waals surface area contributed by atoms with Crippen LogP contribution in [-0.4, -0.2) is 47.2 Å². The molecule has 3 N–H and O–H groups in total. The molecule has 16 heteroatoms. The zero-order valence-corrected chi connectivity index (χ0v) is 25.4. The highest BCUT2D eigenvalue weighted by molar-refractivity contribution is 7.15. The molecule has 3 aromatic rings. The van der Waals surface area contributed by atoms with E-state index >= 15 is 0 Å². The number of aliphatic imine (C=N–C) groups is 1. The van der Waals surface area contributed by atoms with Crippen molar-refractivity contribution in [3.8, 4) is 16.3 Å². The fourth-order valence-corrected chi connectivity index (χ4v) is 6.54. The van der Waals surface area contributed by atoms with Gasteiger partial charge >= 0.3 is 24.3 Å². The van der Waals surface area contributed by atoms with Gasteiger partial charge in [-0.2, -0.15) is 26.3 Å². The molecule has 3 unspecified atom stereocenters. The van der Waals surface area contributed by atoms with Crippen LogP contribution in [0.1, 0.15) is 51.8 Å². The van der Waals surface area contributed by atoms with Gasteiger partial charge in [0.05, 0.1) is 29.0 Å². The minimum atomic E-state index is -5.32. The Morgan fingerprint density at radius 2 is 1.89 bits per heavy atom. The van der Waals surface area contributed by atoms with Crippen LogP contribution in [0.3, 0.4) is 0 Å². The second kappa shape index (κ2) is 12.1. The Bertz CT molecular complexity index is 1750. The summed E-state index contributed by atoms with van der Waals surface area (Å²) >= 11 is 1.01. The molecule has 0 amide bonds. The fourth-order valence-electron chi connectivity index (χ4n) is 5.50. The van der Waals surface area contributed by atoms with E-state index in [1.165, 1.54) is 33.2 Å². The maximum absolute atomic E-state index is 13.5. The highest BCUT2D eigenvalue weighted by Gasteiger charge is 2.45. The number of esters is 2. The molecule has 9 nitrogen and oxygen atoms in total. The summed E-state index contributed by atoms with van der Waals surface area (Å²) in [6.45, 7) is 2.69. The summed E-state index contributed by atoms with van der Waals surface area (Å²) in [4.78, 5) is 37.0. The van der Waals surface area contributed by atoms with Crippen molar-refractivity contribution in [1.29, 1.82) is 0 Å². The number of aryl methyl sites for hydroxylation is 2. The number of amidine groups is 1. The van der Waals surface area contributed by atoms with Crippen LogP contribution in [0.25, 0.3) is 10.6 Å². The number of allylic oxidation sites excluding steroid dienone is 1. The summed E-state index contributed by atoms with van der Waals surface area (Å²) in [5.74, 6) is -6.57. The van der Waals surface area contributed by atoms with E-state index in [2.05, 4.69) is 20.3 Å². The topological polar surface area (TPSA) is 129 Å². The van der Waals surface area contributed by atoms with Gasteiger partial charge in [-0.3, -0.25) is 0 Å². The van der Waals surface area contributed by atoms with Crippen molar-refractivity contribution in [2.45, 2.75) is 51.0 Å². The van der Waals surface area contributed by atoms with Crippen molar-refractivity contribution in [3.63, 3.8) is 0 Å². The van der Waals surface area contributed by atoms with Gasteiger partial charge in [-0.1, -0.05) is 19.1 Å². The highest BCUT2D eigenvalue weighted by atomic mass is 32.1. The Hall–Kier alpha value is -4.31. The number of pyridine rings is 1. The molecule has 2 aromatic heterocycles. The summed E-state index contributed by atoms with van der Waals surface area (Å²) < 4.78 is 89.9. The monoisotopic (exact) mass is 667 g/mol. The minimum absolute atomic E-state index is 0.0350. The summed E-state index contributed by atoms with van der Waals surface area (Å²) in [5.41, 5.74) is 7.46. The molecule has 1 aliphatic heterocycles. The molecule has 3 atom stereocenters. The summed E-state index contributed by atoms with van der Waals surface area (Å²) in [7, 11) is 1.27. The van der Waals surface area contributed by atoms with Crippen LogP contribution in [0.4, 0.5) is 32.2 Å². The summed E-state index contributed by atoms with van der Waals surface area (Å²) in [6, 6.07) is 6.22. The van der Waals surface area contributed by atoms with Crippen LogP contribution in [-0.2, 0) is 21.5 Å². The first-order chi connectivity index (χ1) is 21.5. The zero-order chi connectivity index (χ0) is 33.6. The normalized spacial score (nSPS) is 21.3. The molecule has 0 spiro atoms. The van der Waals surface area contributed by atoms with E-state index in [-0.39, 0.29) is 27.8 Å². The molecule has 0 saturated carbocycles. The molecule has 3 heterocycles. The molecule has 2 aliphatic rings. The Morgan fingerprint density at radius 1 is 1.15 bits per heavy atom. The van der Waals surface area contributed by atoms with Gasteiger partial charge in [0.15, 0.2) is 5.75 Å². The van der Waals surface area contributed by atoms with Crippen LogP contribution in [0.5, 0.6) is 5.75 Å². The van der Waals surface area contributed by atoms with Gasteiger partial charge in [-0.15, -0.1) is 11.3 Å². The van der Waals surface area contributed by atoms with E-state index < -0.39 is 47.4 Å². The average Bonchev–Trinajstić information content (AvgIpc) is 3.49. The van der Waals surface area contributed by atoms with Crippen LogP contribution < -0.4 is 15.8 Å². The SMILES string of the molecule is COC(=O)c1ccc2c(c1)CCCC2(N)c1ncc(-c2nc(NC3=NC=CC(C(F)(F)F)C3C)cc(C)c2OC(=O)C(F)(F)F)s1. The average molecular weight is 668 g/mol. The van der Waals surface area contributed by atoms with Gasteiger partial charge in [-0.25, -0.2) is 24.5 Å². The summed E-state index contributed by atoms with van der Waals surface area (Å²) in [6.07, 6.45) is -4.86. The number of nitrogens with two attached hydrogens (primary N) is 1. The molecule has 1 aliphatic carbocycles. The Labute approximate surface area is 262 Å². The Kier molecular flexibility index (Phi) is 8.72. The predicted molar refractivity (Wildman–Crippen MR) is 156 cm³/mol. The van der Waals surface area contributed by atoms with Gasteiger partial charge in [-0.05, 0) is 61.1 Å². The number of nitrogens with zero attached hydrogens (tertiary/aromatic N) is 3. The van der Waals surface area contributed by atoms with Gasteiger partial charge in [0.1, 0.15) is 22.4 Å². The number of hydrogen-bond acceptors (Lipinski definition) is 10. The van der Waals surface area contributed by atoms with E-state index in [9.17, 15) is 35.9 Å². The van der Waals surface area contributed by atoms with Crippen molar-refractivity contribution in [3.05, 3.63) is 70.0 Å². The first-order valence-corrected chi connectivity index (χ1v) is 14.7. The second-order valence-corrected chi connectivity index (χ2v) is 12.0. The van der Waals surface area contributed by atoms with Crippen molar-refractivity contribution < 1.29 is 45.4 Å². The lowest BCUT2D eigenvalue weighted by molar-refractivity contribution is -0.189. The van der Waals surface area contributed by atoms with Crippen molar-refractivity contribution >= 4 is 34.9 Å². The highest BCUT2D eigenvalue weighted by Crippen LogP contribution is 2.44. The fraction of sp³-hybridized carbons (Fsp3) is 0.367. The number of nitrogens with one attached hydrogen (secondary N) is 1. The van der Waals surface area contributed by atoms with Crippen molar-refractivity contribution in [2.24, 2.45) is 22.6 Å². The van der Waals surface area contributed by atoms with E-state index in [4.69, 9.17) is 15.2 Å². The number of carbonyl (C=O) groups is 2. The van der Waals surface area contributed by atoms with E-state index in [0.29, 0.717) is 35.4 Å². The first-order valence-electron chi connectivity index (χ1n) is 13.9. The van der Waals surface area contributed by atoms with Crippen LogP contribution in [0, 0.1) is 18.8 Å². The molecule has 46 heavy (non-hydrogen) atoms. The third-order valence-corrected chi connectivity index (χ3v) is 9.02. The maximum Gasteiger partial charge on any atom is 0.491 e. The molecule has 0 radical (unpaired) electrons. The molecule has 5 rings (SSSR count). The maximum atomic E-state index is 13.5. The number of aromatic nitrogens is 2. The van der Waals surface area contributed by atoms with Crippen molar-refractivity contribution in [1.82, 2.24) is 9.97 Å². The molecule has 0 saturated heterocycles. The number of alkyl halides is 6. The number of thiazole rings is 1. The third kappa shape index (κ3) is 6.35. The Balaban J connectivity index is 1.56. The van der Waals surface area contributed by atoms with Gasteiger partial charge in [0, 0.05) is 18.3 Å². The molecule has 0 bridgehead atoms. The number of ether oxygens (including phenoxy) is 2. The van der Waals surface area contributed by atoms with E-state index in [1.807, 2.05) is 0 Å². The standard InChI is InChI=1S/C30H27F6N5O4S/c1-14-11-21(41-24-15(2)18(8-10-38-24)29(31,32)33)40-22(23(14)45-27(43)30(34,35)36)20-13-39-26(46-20)28(37)9-4-5-16-12-17(25(42)44-3)6-7-19(16)28/h6-8,10-13,15,18H,4-5,9,37H2,1-3H3,(H,38,40,41). The molecular formula is C30H27F6N5O4S. The number of fused-ring (bicyclic) bond motifs is 1. The number of rotatable bonds is 5. The number of methoxy groups -OCH3 is 1. The second-order valence-electron chi connectivity index (χ2n) is 10.9. The largest absolute Gasteiger partial charge is 0.491 e. The number of carbonyl (C=O) groups excluding carboxylic acids is 2. The molecule has 1 aromatic carbocycles. The predicted octanol–water partition coefficient (Wildman–Crippen LogP) is 6.46. The van der Waals surface area contributed by atoms with Crippen molar-refractivity contribution in [2.75, 3.05) is 12.4 Å². The molecular weight excluding hydrogens is 640 g/mol. The molecule has 244 valence electrons. The molecule has 0 fully saturated rings.